The van der Waals surface area contributed by atoms with E-state index in [0.717, 1.165) is 5.56 Å². The Kier molecular flexibility index (Phi) is 5.14. The molecule has 6 nitrogen and oxygen atoms in total. The number of benzene rings is 1. The Balaban J connectivity index is 1.89. The van der Waals surface area contributed by atoms with Crippen LogP contribution in [0.5, 0.6) is 5.75 Å². The average molecular weight is 397 g/mol. The first-order chi connectivity index (χ1) is 14.1. The van der Waals surface area contributed by atoms with Crippen LogP contribution in [0.15, 0.2) is 48.9 Å². The maximum Gasteiger partial charge on any atom is 0.166 e. The molecule has 3 rings (SSSR count). The van der Waals surface area contributed by atoms with E-state index < -0.39 is 12.2 Å². The molecule has 3 aromatic rings. The zero-order chi connectivity index (χ0) is 21.9. The summed E-state index contributed by atoms with van der Waals surface area (Å²) in [5, 5.41) is 14.0. The second kappa shape index (κ2) is 8.38. The zero-order valence-electron chi connectivity index (χ0n) is 17.8. The van der Waals surface area contributed by atoms with Crippen molar-refractivity contribution in [3.63, 3.8) is 0 Å². The van der Waals surface area contributed by atoms with Crippen LogP contribution in [0.25, 0.3) is 11.1 Å². The molecule has 0 saturated heterocycles. The van der Waals surface area contributed by atoms with Gasteiger partial charge in [-0.1, -0.05) is 24.0 Å². The molecule has 0 atom stereocenters. The molecule has 0 saturated carbocycles. The molecule has 7 heteroatoms. The summed E-state index contributed by atoms with van der Waals surface area (Å²) in [6.45, 7) is 0.986. The number of nitrogen functional groups attached to an aromatic ring is 1. The van der Waals surface area contributed by atoms with Crippen molar-refractivity contribution >= 4 is 17.8 Å². The topological polar surface area (TPSA) is 86.2 Å². The van der Waals surface area contributed by atoms with Gasteiger partial charge in [0.05, 0.1) is 8.94 Å². The number of aliphatic hydroxyl groups is 1. The van der Waals surface area contributed by atoms with E-state index in [1.807, 2.05) is 12.5 Å². The number of aromatic nitrogens is 3. The third-order valence-corrected chi connectivity index (χ3v) is 4.19. The maximum atomic E-state index is 9.77. The lowest BCUT2D eigenvalue weighted by atomic mass is 10.1. The van der Waals surface area contributed by atoms with Gasteiger partial charge in [-0.3, -0.25) is 0 Å². The highest BCUT2D eigenvalue weighted by Crippen LogP contribution is 2.28. The molecule has 1 aromatic carbocycles. The zero-order valence-corrected chi connectivity index (χ0v) is 16.6. The molecule has 0 aliphatic rings. The van der Waals surface area contributed by atoms with Gasteiger partial charge in [-0.15, -0.1) is 0 Å². The van der Waals surface area contributed by atoms with Gasteiger partial charge in [0, 0.05) is 35.3 Å². The quantitative estimate of drug-likeness (QED) is 0.643. The molecule has 0 spiro atoms. The number of nitrogens with zero attached hydrogens (tertiary/aromatic N) is 3. The van der Waals surface area contributed by atoms with Gasteiger partial charge in [0.2, 0.25) is 0 Å². The fourth-order valence-corrected chi connectivity index (χ4v) is 2.61. The van der Waals surface area contributed by atoms with E-state index in [0.29, 0.717) is 11.1 Å². The van der Waals surface area contributed by atoms with Crippen molar-refractivity contribution in [2.24, 2.45) is 0 Å². The predicted molar refractivity (Wildman–Crippen MR) is 113 cm³/mol. The van der Waals surface area contributed by atoms with Crippen molar-refractivity contribution in [1.82, 2.24) is 14.2 Å². The van der Waals surface area contributed by atoms with E-state index >= 15 is 0 Å². The number of ether oxygens (including phenoxy) is 1. The van der Waals surface area contributed by atoms with Crippen LogP contribution in [0.2, 0.25) is 0 Å². The minimum absolute atomic E-state index is 0.0814. The number of hydrogen-bond donors (Lipinski definition) is 2. The first kappa shape index (κ1) is 17.2. The Labute approximate surface area is 171 Å². The number of pyridine rings is 1. The summed E-state index contributed by atoms with van der Waals surface area (Å²) < 4.78 is 24.1. The van der Waals surface area contributed by atoms with Crippen LogP contribution in [-0.4, -0.2) is 31.1 Å². The van der Waals surface area contributed by atoms with Crippen LogP contribution in [0.4, 0.5) is 5.82 Å². The van der Waals surface area contributed by atoms with E-state index in [4.69, 9.17) is 13.2 Å². The molecule has 0 amide bonds. The first-order valence-corrected chi connectivity index (χ1v) is 9.66. The normalized spacial score (nSPS) is 12.6. The van der Waals surface area contributed by atoms with Crippen molar-refractivity contribution in [3.8, 4) is 28.7 Å². The highest BCUT2D eigenvalue weighted by molar-refractivity contribution is 7.97. The number of nitrogens with two attached hydrogens (primary N) is 1. The number of anilines is 1. The van der Waals surface area contributed by atoms with Gasteiger partial charge in [-0.05, 0) is 49.6 Å². The van der Waals surface area contributed by atoms with E-state index in [2.05, 4.69) is 21.9 Å². The fourth-order valence-electron chi connectivity index (χ4n) is 2.25. The van der Waals surface area contributed by atoms with Crippen LogP contribution < -0.4 is 10.5 Å². The average Bonchev–Trinajstić information content (AvgIpc) is 3.17. The number of hydrogen-bond acceptors (Lipinski definition) is 6. The molecule has 28 heavy (non-hydrogen) atoms. The van der Waals surface area contributed by atoms with E-state index in [1.165, 1.54) is 11.9 Å². The molecule has 0 unspecified atom stereocenters. The summed E-state index contributed by atoms with van der Waals surface area (Å²) in [6.07, 6.45) is 7.02. The van der Waals surface area contributed by atoms with E-state index in [9.17, 15) is 5.11 Å². The third kappa shape index (κ3) is 5.28. The second-order valence-corrected chi connectivity index (χ2v) is 7.25. The molecule has 0 fully saturated rings. The second-order valence-electron chi connectivity index (χ2n) is 6.52. The largest absolute Gasteiger partial charge is 0.485 e. The molecule has 0 aliphatic carbocycles. The summed E-state index contributed by atoms with van der Waals surface area (Å²) in [7, 11) is 0. The first-order valence-electron chi connectivity index (χ1n) is 9.47. The molecule has 3 N–H and O–H groups in total. The maximum absolute atomic E-state index is 9.77. The van der Waals surface area contributed by atoms with Crippen molar-refractivity contribution < 1.29 is 12.6 Å². The minimum atomic E-state index is -2.18. The van der Waals surface area contributed by atoms with Crippen molar-refractivity contribution in [2.75, 3.05) is 12.0 Å². The van der Waals surface area contributed by atoms with Crippen LogP contribution in [0, 0.1) is 11.8 Å². The van der Waals surface area contributed by atoms with Crippen LogP contribution in [0.3, 0.4) is 0 Å². The molecular weight excluding hydrogens is 372 g/mol. The van der Waals surface area contributed by atoms with E-state index in [1.54, 1.807) is 60.7 Å². The molecule has 2 heterocycles. The van der Waals surface area contributed by atoms with Crippen molar-refractivity contribution in [1.29, 1.82) is 0 Å². The molecule has 0 aliphatic heterocycles. The standard InChI is InChI=1S/C21H22N4O2S/c1-21(2,26)8-7-15-5-4-6-16(9-15)14-27-19-10-17(11-23-20(19)22)18-12-24-25(13-18)28-3/h4-6,9-13,26H,14H2,1-3H3,(H2,22,23)/i14D2. The van der Waals surface area contributed by atoms with Crippen LogP contribution in [-0.2, 0) is 6.56 Å². The fraction of sp³-hybridized carbons (Fsp3) is 0.238. The summed E-state index contributed by atoms with van der Waals surface area (Å²) in [6, 6.07) is 8.23. The minimum Gasteiger partial charge on any atom is -0.485 e. The Hall–Kier alpha value is -2.95. The molecule has 2 aromatic heterocycles. The summed E-state index contributed by atoms with van der Waals surface area (Å²) >= 11 is 1.45. The molecule has 0 bridgehead atoms. The highest BCUT2D eigenvalue weighted by atomic mass is 32.2. The Morgan fingerprint density at radius 2 is 2.14 bits per heavy atom. The molecular formula is C21H22N4O2S. The monoisotopic (exact) mass is 396 g/mol. The van der Waals surface area contributed by atoms with Gasteiger partial charge < -0.3 is 15.6 Å². The predicted octanol–water partition coefficient (Wildman–Crippen LogP) is 3.35. The lowest BCUT2D eigenvalue weighted by Gasteiger charge is -2.10. The van der Waals surface area contributed by atoms with Gasteiger partial charge in [-0.25, -0.2) is 9.07 Å². The van der Waals surface area contributed by atoms with Crippen LogP contribution >= 0.6 is 11.9 Å². The third-order valence-electron chi connectivity index (χ3n) is 3.62. The number of rotatable bonds is 5. The smallest absolute Gasteiger partial charge is 0.166 e. The van der Waals surface area contributed by atoms with Crippen molar-refractivity contribution in [2.45, 2.75) is 26.0 Å². The van der Waals surface area contributed by atoms with Gasteiger partial charge in [-0.2, -0.15) is 5.10 Å². The van der Waals surface area contributed by atoms with E-state index in [-0.39, 0.29) is 17.1 Å². The van der Waals surface area contributed by atoms with Gasteiger partial charge in [0.1, 0.15) is 12.2 Å². The Morgan fingerprint density at radius 3 is 2.86 bits per heavy atom. The van der Waals surface area contributed by atoms with Crippen molar-refractivity contribution in [3.05, 3.63) is 60.0 Å². The van der Waals surface area contributed by atoms with Crippen LogP contribution in [0.1, 0.15) is 27.7 Å². The lowest BCUT2D eigenvalue weighted by molar-refractivity contribution is 0.143. The SMILES string of the molecule is [2H]C([2H])(Oc1cc(-c2cnn(SC)c2)cnc1N)c1cccc(C#CC(C)(C)O)c1. The van der Waals surface area contributed by atoms with Gasteiger partial charge >= 0.3 is 0 Å². The Morgan fingerprint density at radius 1 is 1.32 bits per heavy atom. The Bertz CT molecular complexity index is 1110. The van der Waals surface area contributed by atoms with Gasteiger partial charge in [0.25, 0.3) is 0 Å². The molecule has 0 radical (unpaired) electrons. The van der Waals surface area contributed by atoms with Gasteiger partial charge in [0.15, 0.2) is 11.6 Å². The molecule has 144 valence electrons. The summed E-state index contributed by atoms with van der Waals surface area (Å²) in [4.78, 5) is 4.13. The summed E-state index contributed by atoms with van der Waals surface area (Å²) in [5.41, 5.74) is 7.14. The lowest BCUT2D eigenvalue weighted by Crippen LogP contribution is -2.14. The summed E-state index contributed by atoms with van der Waals surface area (Å²) in [5.74, 6) is 5.76. The highest BCUT2D eigenvalue weighted by Gasteiger charge is 2.09.